The lowest BCUT2D eigenvalue weighted by atomic mass is 9.81. The van der Waals surface area contributed by atoms with Gasteiger partial charge in [0.15, 0.2) is 7.05 Å². The van der Waals surface area contributed by atoms with E-state index in [0.29, 0.717) is 32.1 Å². The molecule has 1 aliphatic heterocycles. The van der Waals surface area contributed by atoms with Crippen LogP contribution in [0.1, 0.15) is 138 Å². The van der Waals surface area contributed by atoms with Crippen molar-refractivity contribution in [2.24, 2.45) is 23.0 Å². The van der Waals surface area contributed by atoms with Gasteiger partial charge in [-0.2, -0.15) is 0 Å². The van der Waals surface area contributed by atoms with E-state index in [9.17, 15) is 43.5 Å². The zero-order chi connectivity index (χ0) is 47.6. The molecule has 3 fully saturated rings. The average molecular weight is 898 g/mol. The summed E-state index contributed by atoms with van der Waals surface area (Å²) < 4.78 is 4.63. The Labute approximate surface area is 374 Å². The number of nitrogens with zero attached hydrogens (tertiary/aromatic N) is 2. The predicted molar refractivity (Wildman–Crippen MR) is 235 cm³/mol. The molecule has 3 aliphatic rings. The van der Waals surface area contributed by atoms with E-state index in [4.69, 9.17) is 15.8 Å². The molecule has 5 atom stereocenters. The van der Waals surface area contributed by atoms with Gasteiger partial charge in [-0.25, -0.2) is 9.59 Å². The molecule has 4 rings (SSSR count). The summed E-state index contributed by atoms with van der Waals surface area (Å²) in [6.45, 7) is 5.50. The number of primary amides is 1. The summed E-state index contributed by atoms with van der Waals surface area (Å²) in [7, 11) is 2.11. The van der Waals surface area contributed by atoms with Gasteiger partial charge in [0.1, 0.15) is 30.2 Å². The van der Waals surface area contributed by atoms with Crippen LogP contribution in [-0.2, 0) is 33.5 Å². The molecule has 354 valence electrons. The van der Waals surface area contributed by atoms with E-state index >= 15 is 0 Å². The molecule has 2 aliphatic carbocycles. The number of amides is 6. The Morgan fingerprint density at radius 3 is 1.91 bits per heavy atom. The normalized spacial score (nSPS) is 19.0. The van der Waals surface area contributed by atoms with Gasteiger partial charge in [-0.05, 0) is 87.2 Å². The number of rotatable bonds is 17. The van der Waals surface area contributed by atoms with Crippen LogP contribution in [0.15, 0.2) is 36.4 Å². The molecule has 1 saturated heterocycles. The van der Waals surface area contributed by atoms with Gasteiger partial charge in [-0.15, -0.1) is 0 Å². The second-order valence-electron chi connectivity index (χ2n) is 17.8. The summed E-state index contributed by atoms with van der Waals surface area (Å²) in [6.07, 6.45) is 13.0. The molecular formula is C45H67N7O12. The maximum Gasteiger partial charge on any atom is 0.336 e. The number of hydrogen-bond donors (Lipinski definition) is 6. The zero-order valence-corrected chi connectivity index (χ0v) is 37.7. The monoisotopic (exact) mass is 897 g/mol. The molecule has 64 heavy (non-hydrogen) atoms. The van der Waals surface area contributed by atoms with Gasteiger partial charge < -0.3 is 41.7 Å². The van der Waals surface area contributed by atoms with E-state index in [1.165, 1.54) is 48.4 Å². The number of carbonyl (C=O) groups excluding carboxylic acids is 7. The van der Waals surface area contributed by atoms with Gasteiger partial charge >= 0.3 is 11.9 Å². The van der Waals surface area contributed by atoms with Crippen molar-refractivity contribution in [3.63, 3.8) is 0 Å². The molecule has 1 aromatic carbocycles. The number of ether oxygens (including phenoxy) is 1. The van der Waals surface area contributed by atoms with E-state index in [1.807, 2.05) is 0 Å². The molecule has 6 amide bonds. The smallest absolute Gasteiger partial charge is 0.336 e. The number of methoxy groups -OCH3 is 1. The zero-order valence-electron chi connectivity index (χ0n) is 37.7. The Bertz CT molecular complexity index is 1850. The highest BCUT2D eigenvalue weighted by Gasteiger charge is 2.43. The number of piperidine rings is 1. The highest BCUT2D eigenvalue weighted by atomic mass is 16.6. The Balaban J connectivity index is 0.00000261. The molecule has 19 nitrogen and oxygen atoms in total. The van der Waals surface area contributed by atoms with Crippen LogP contribution in [0.25, 0.3) is 0 Å². The van der Waals surface area contributed by atoms with Crippen molar-refractivity contribution in [3.05, 3.63) is 57.7 Å². The number of nitro groups is 1. The lowest BCUT2D eigenvalue weighted by molar-refractivity contribution is -0.445. The fraction of sp³-hybridized carbons (Fsp3) is 0.644. The first-order chi connectivity index (χ1) is 30.3. The molecule has 1 aromatic rings. The first-order valence-corrected chi connectivity index (χ1v) is 22.2. The molecule has 1 heterocycles. The Hall–Kier alpha value is -5.88. The van der Waals surface area contributed by atoms with Crippen LogP contribution in [0.3, 0.4) is 0 Å². The predicted octanol–water partition coefficient (Wildman–Crippen LogP) is 3.41. The number of nitrogens with two attached hydrogens (primary N) is 1. The average Bonchev–Trinajstić information content (AvgIpc) is 3.26. The second-order valence-corrected chi connectivity index (χ2v) is 17.8. The fourth-order valence-corrected chi connectivity index (χ4v) is 8.65. The molecule has 7 N–H and O–H groups in total. The number of esters is 1. The minimum absolute atomic E-state index is 0.0257. The Morgan fingerprint density at radius 2 is 1.38 bits per heavy atom. The largest absolute Gasteiger partial charge is 0.478 e. The van der Waals surface area contributed by atoms with Crippen LogP contribution in [-0.4, -0.2) is 113 Å². The first kappa shape index (κ1) is 52.5. The maximum absolute atomic E-state index is 14.7. The summed E-state index contributed by atoms with van der Waals surface area (Å²) in [4.78, 5) is 117. The molecule has 2 saturated carbocycles. The van der Waals surface area contributed by atoms with Gasteiger partial charge in [-0.1, -0.05) is 77.5 Å². The van der Waals surface area contributed by atoms with Gasteiger partial charge in [0, 0.05) is 17.5 Å². The van der Waals surface area contributed by atoms with Crippen molar-refractivity contribution < 1.29 is 53.1 Å². The van der Waals surface area contributed by atoms with E-state index in [1.54, 1.807) is 20.8 Å². The summed E-state index contributed by atoms with van der Waals surface area (Å²) in [5.41, 5.74) is 4.49. The van der Waals surface area contributed by atoms with E-state index in [2.05, 4.69) is 26.0 Å². The molecule has 0 bridgehead atoms. The molecule has 0 aromatic heterocycles. The van der Waals surface area contributed by atoms with Crippen molar-refractivity contribution in [2.45, 2.75) is 147 Å². The van der Waals surface area contributed by atoms with Crippen molar-refractivity contribution in [1.29, 1.82) is 0 Å². The Kier molecular flexibility index (Phi) is 20.8. The van der Waals surface area contributed by atoms with Gasteiger partial charge in [-0.3, -0.25) is 38.9 Å². The summed E-state index contributed by atoms with van der Waals surface area (Å²) >= 11 is 0. The number of allylic oxidation sites excluding steroid dienone is 1. The number of carboxylic acids is 1. The van der Waals surface area contributed by atoms with E-state index in [0.717, 1.165) is 58.4 Å². The summed E-state index contributed by atoms with van der Waals surface area (Å²) in [5, 5.41) is 29.9. The summed E-state index contributed by atoms with van der Waals surface area (Å²) in [5.74, 6) is -5.84. The van der Waals surface area contributed by atoms with Crippen molar-refractivity contribution >= 4 is 47.4 Å². The van der Waals surface area contributed by atoms with E-state index in [-0.39, 0.29) is 42.3 Å². The minimum Gasteiger partial charge on any atom is -0.478 e. The van der Waals surface area contributed by atoms with Crippen LogP contribution in [0.2, 0.25) is 0 Å². The lowest BCUT2D eigenvalue weighted by Crippen LogP contribution is -2.64. The first-order valence-electron chi connectivity index (χ1n) is 22.2. The van der Waals surface area contributed by atoms with Crippen LogP contribution in [0.5, 0.6) is 0 Å². The minimum atomic E-state index is -1.33. The van der Waals surface area contributed by atoms with Gasteiger partial charge in [0.2, 0.25) is 29.5 Å². The highest BCUT2D eigenvalue weighted by Crippen LogP contribution is 2.30. The number of carboxylic acid groups (broad SMARTS) is 1. The SMILES string of the molecule is COC(=O)/C=C/CC[C@H](NC(=O)c1ccccc1C(=O)O)C(=O)N[C@H](C(=O)N1CCCC[C@H]1C(=O)N[C@H](C(=O)N[C@H](C(N)=O)C1CCCCC1)C1CCCCC1)C(C)(C)C.C[N+](=O)[O-]. The lowest BCUT2D eigenvalue weighted by Gasteiger charge is -2.41. The number of hydrogen-bond acceptors (Lipinski definition) is 11. The van der Waals surface area contributed by atoms with Crippen LogP contribution < -0.4 is 27.0 Å². The quantitative estimate of drug-likeness (QED) is 0.0568. The van der Waals surface area contributed by atoms with Crippen molar-refractivity contribution in [2.75, 3.05) is 20.7 Å². The van der Waals surface area contributed by atoms with Crippen LogP contribution in [0.4, 0.5) is 0 Å². The van der Waals surface area contributed by atoms with Crippen molar-refractivity contribution in [1.82, 2.24) is 26.2 Å². The van der Waals surface area contributed by atoms with Gasteiger partial charge in [0.05, 0.1) is 18.2 Å². The molecule has 19 heteroatoms. The third kappa shape index (κ3) is 16.0. The number of nitrogens with one attached hydrogen (secondary N) is 4. The van der Waals surface area contributed by atoms with Crippen LogP contribution in [0, 0.1) is 27.4 Å². The fourth-order valence-electron chi connectivity index (χ4n) is 8.65. The second kappa shape index (κ2) is 25.4. The maximum atomic E-state index is 14.7. The highest BCUT2D eigenvalue weighted by molar-refractivity contribution is 6.06. The number of carbonyl (C=O) groups is 8. The molecule has 0 radical (unpaired) electrons. The number of likely N-dealkylation sites (tertiary alicyclic amines) is 1. The van der Waals surface area contributed by atoms with E-state index < -0.39 is 87.9 Å². The molecule has 0 unspecified atom stereocenters. The van der Waals surface area contributed by atoms with Crippen LogP contribution >= 0.6 is 0 Å². The van der Waals surface area contributed by atoms with Crippen molar-refractivity contribution in [3.8, 4) is 0 Å². The Morgan fingerprint density at radius 1 is 0.828 bits per heavy atom. The summed E-state index contributed by atoms with van der Waals surface area (Å²) in [6, 6.07) is 0.354. The third-order valence-electron chi connectivity index (χ3n) is 12.0. The number of benzene rings is 1. The number of aromatic carboxylic acids is 1. The molecular weight excluding hydrogens is 831 g/mol. The standard InChI is InChI=1S/C44H64N6O10.CH3NO2/c1-44(2,3)36(49-39(54)31(23-13-14-25-33(51)60-4)46-38(53)29-21-11-12-22-30(29)43(58)59)42(57)50-26-16-15-24-32(50)40(55)48-35(28-19-9-6-10-20-28)41(56)47-34(37(45)52)27-17-7-5-8-18-27;1-2(3)4/h11-12,14,21-22,25,27-28,31-32,34-36H,5-10,13,15-20,23-24,26H2,1-4H3,(H2,45,52)(H,46,53)(H,47,56)(H,48,55)(H,49,54)(H,58,59);1H3/b25-14+;/t31-,32-,34-,35-,36+;/m0./s1. The topological polar surface area (TPSA) is 287 Å². The van der Waals surface area contributed by atoms with Gasteiger partial charge in [0.25, 0.3) is 5.91 Å². The molecule has 0 spiro atoms. The third-order valence-corrected chi connectivity index (χ3v) is 12.0.